The first-order valence-corrected chi connectivity index (χ1v) is 6.30. The van der Waals surface area contributed by atoms with Gasteiger partial charge in [0.05, 0.1) is 12.1 Å². The van der Waals surface area contributed by atoms with Gasteiger partial charge >= 0.3 is 10.3 Å². The van der Waals surface area contributed by atoms with Crippen molar-refractivity contribution in [2.75, 3.05) is 0 Å². The van der Waals surface area contributed by atoms with Gasteiger partial charge in [-0.05, 0) is 13.0 Å². The van der Waals surface area contributed by atoms with Crippen LogP contribution in [0.2, 0.25) is 5.02 Å². The Morgan fingerprint density at radius 3 is 2.44 bits per heavy atom. The Hall–Kier alpha value is -0.660. The predicted molar refractivity (Wildman–Crippen MR) is 60.6 cm³/mol. The molecule has 7 heteroatoms. The van der Waals surface area contributed by atoms with Crippen molar-refractivity contribution < 1.29 is 18.1 Å². The third kappa shape index (κ3) is 3.73. The van der Waals surface area contributed by atoms with Crippen molar-refractivity contribution in [3.8, 4) is 0 Å². The van der Waals surface area contributed by atoms with E-state index in [0.717, 1.165) is 0 Å². The molecule has 0 saturated carbocycles. The number of halogens is 1. The van der Waals surface area contributed by atoms with Crippen LogP contribution >= 0.6 is 11.6 Å². The van der Waals surface area contributed by atoms with E-state index in [1.807, 2.05) is 4.72 Å². The lowest BCUT2D eigenvalue weighted by Gasteiger charge is -2.19. The molecule has 16 heavy (non-hydrogen) atoms. The molecule has 0 aliphatic carbocycles. The van der Waals surface area contributed by atoms with Crippen LogP contribution in [-0.2, 0) is 10.3 Å². The second kappa shape index (κ2) is 5.11. The average molecular weight is 266 g/mol. The van der Waals surface area contributed by atoms with Gasteiger partial charge in [-0.1, -0.05) is 29.8 Å². The summed E-state index contributed by atoms with van der Waals surface area (Å²) >= 11 is 5.83. The van der Waals surface area contributed by atoms with Crippen molar-refractivity contribution >= 4 is 21.9 Å². The summed E-state index contributed by atoms with van der Waals surface area (Å²) in [6.07, 6.45) is -1.13. The zero-order chi connectivity index (χ0) is 12.3. The summed E-state index contributed by atoms with van der Waals surface area (Å²) in [5.41, 5.74) is 0.396. The molecular weight excluding hydrogens is 254 g/mol. The molecule has 0 heterocycles. The minimum absolute atomic E-state index is 0.332. The number of aliphatic hydroxyl groups excluding tert-OH is 1. The fraction of sp³-hybridized carbons (Fsp3) is 0.333. The van der Waals surface area contributed by atoms with Crippen LogP contribution in [0.4, 0.5) is 0 Å². The molecule has 1 aromatic carbocycles. The van der Waals surface area contributed by atoms with Crippen LogP contribution in [0.3, 0.4) is 0 Å². The highest BCUT2D eigenvalue weighted by Crippen LogP contribution is 2.24. The van der Waals surface area contributed by atoms with Crippen molar-refractivity contribution in [1.29, 1.82) is 0 Å². The van der Waals surface area contributed by atoms with Gasteiger partial charge in [0.25, 0.3) is 0 Å². The van der Waals surface area contributed by atoms with E-state index in [0.29, 0.717) is 10.6 Å². The van der Waals surface area contributed by atoms with Gasteiger partial charge in [-0.2, -0.15) is 13.1 Å². The molecule has 5 nitrogen and oxygen atoms in total. The molecular formula is C9H12ClNO4S. The SMILES string of the molecule is C[C@@H](NS(=O)(=O)O)[C@H](O)c1ccccc1Cl. The van der Waals surface area contributed by atoms with E-state index in [-0.39, 0.29) is 0 Å². The molecule has 0 radical (unpaired) electrons. The number of aliphatic hydroxyl groups is 1. The van der Waals surface area contributed by atoms with Crippen molar-refractivity contribution in [1.82, 2.24) is 4.72 Å². The largest absolute Gasteiger partial charge is 0.387 e. The van der Waals surface area contributed by atoms with Crippen LogP contribution in [0, 0.1) is 0 Å². The van der Waals surface area contributed by atoms with Gasteiger partial charge in [0, 0.05) is 10.6 Å². The summed E-state index contributed by atoms with van der Waals surface area (Å²) in [6.45, 7) is 1.42. The van der Waals surface area contributed by atoms with E-state index >= 15 is 0 Å². The highest BCUT2D eigenvalue weighted by molar-refractivity contribution is 7.83. The Morgan fingerprint density at radius 1 is 1.38 bits per heavy atom. The van der Waals surface area contributed by atoms with E-state index in [4.69, 9.17) is 16.2 Å². The molecule has 0 bridgehead atoms. The summed E-state index contributed by atoms with van der Waals surface area (Å²) in [4.78, 5) is 0. The second-order valence-electron chi connectivity index (χ2n) is 3.35. The standard InChI is InChI=1S/C9H12ClNO4S/c1-6(11-16(13,14)15)9(12)7-4-2-3-5-8(7)10/h2-6,9,11-12H,1H3,(H,13,14,15)/t6-,9+/m1/s1. The van der Waals surface area contributed by atoms with Crippen LogP contribution in [0.5, 0.6) is 0 Å². The third-order valence-electron chi connectivity index (χ3n) is 2.03. The summed E-state index contributed by atoms with van der Waals surface area (Å²) in [5.74, 6) is 0. The summed E-state index contributed by atoms with van der Waals surface area (Å²) in [5, 5.41) is 10.1. The van der Waals surface area contributed by atoms with Crippen molar-refractivity contribution in [3.63, 3.8) is 0 Å². The van der Waals surface area contributed by atoms with Crippen LogP contribution in [0.1, 0.15) is 18.6 Å². The Morgan fingerprint density at radius 2 is 1.94 bits per heavy atom. The Kier molecular flexibility index (Phi) is 4.28. The summed E-state index contributed by atoms with van der Waals surface area (Å²) < 4.78 is 31.6. The average Bonchev–Trinajstić information content (AvgIpc) is 2.15. The van der Waals surface area contributed by atoms with Crippen LogP contribution < -0.4 is 4.72 Å². The quantitative estimate of drug-likeness (QED) is 0.713. The Bertz CT molecular complexity index is 462. The first kappa shape index (κ1) is 13.4. The highest BCUT2D eigenvalue weighted by atomic mass is 35.5. The molecule has 0 saturated heterocycles. The van der Waals surface area contributed by atoms with E-state index in [9.17, 15) is 13.5 Å². The topological polar surface area (TPSA) is 86.6 Å². The molecule has 0 unspecified atom stereocenters. The molecule has 3 N–H and O–H groups in total. The molecule has 0 spiro atoms. The number of rotatable bonds is 4. The Balaban J connectivity index is 2.86. The minimum atomic E-state index is -4.34. The van der Waals surface area contributed by atoms with Crippen molar-refractivity contribution in [3.05, 3.63) is 34.9 Å². The molecule has 0 fully saturated rings. The molecule has 1 rings (SSSR count). The predicted octanol–water partition coefficient (Wildman–Crippen LogP) is 1.15. The fourth-order valence-electron chi connectivity index (χ4n) is 1.28. The summed E-state index contributed by atoms with van der Waals surface area (Å²) in [7, 11) is -4.34. The maximum atomic E-state index is 10.6. The normalized spacial score (nSPS) is 15.8. The van der Waals surface area contributed by atoms with Crippen LogP contribution in [0.15, 0.2) is 24.3 Å². The first-order valence-electron chi connectivity index (χ1n) is 4.48. The second-order valence-corrected chi connectivity index (χ2v) is 4.94. The zero-order valence-corrected chi connectivity index (χ0v) is 10.0. The van der Waals surface area contributed by atoms with Crippen LogP contribution in [-0.4, -0.2) is 24.1 Å². The monoisotopic (exact) mass is 265 g/mol. The first-order chi connectivity index (χ1) is 7.31. The summed E-state index contributed by atoms with van der Waals surface area (Å²) in [6, 6.07) is 5.65. The van der Waals surface area contributed by atoms with Crippen LogP contribution in [0.25, 0.3) is 0 Å². The van der Waals surface area contributed by atoms with Gasteiger partial charge in [0.2, 0.25) is 0 Å². The molecule has 0 amide bonds. The minimum Gasteiger partial charge on any atom is -0.387 e. The van der Waals surface area contributed by atoms with Crippen molar-refractivity contribution in [2.24, 2.45) is 0 Å². The lowest BCUT2D eigenvalue weighted by atomic mass is 10.0. The lowest BCUT2D eigenvalue weighted by molar-refractivity contribution is 0.145. The smallest absolute Gasteiger partial charge is 0.333 e. The van der Waals surface area contributed by atoms with Gasteiger partial charge < -0.3 is 5.11 Å². The highest BCUT2D eigenvalue weighted by Gasteiger charge is 2.21. The van der Waals surface area contributed by atoms with Crippen molar-refractivity contribution in [2.45, 2.75) is 19.1 Å². The molecule has 0 aromatic heterocycles. The fourth-order valence-corrected chi connectivity index (χ4v) is 2.13. The number of benzene rings is 1. The van der Waals surface area contributed by atoms with Gasteiger partial charge in [0.15, 0.2) is 0 Å². The van der Waals surface area contributed by atoms with Gasteiger partial charge in [-0.25, -0.2) is 0 Å². The molecule has 0 aliphatic heterocycles. The number of hydrogen-bond acceptors (Lipinski definition) is 3. The lowest BCUT2D eigenvalue weighted by Crippen LogP contribution is -2.36. The van der Waals surface area contributed by atoms with E-state index in [2.05, 4.69) is 0 Å². The maximum absolute atomic E-state index is 10.6. The molecule has 90 valence electrons. The number of hydrogen-bond donors (Lipinski definition) is 3. The zero-order valence-electron chi connectivity index (χ0n) is 8.46. The maximum Gasteiger partial charge on any atom is 0.333 e. The van der Waals surface area contributed by atoms with E-state index < -0.39 is 22.4 Å². The molecule has 0 aliphatic rings. The van der Waals surface area contributed by atoms with Gasteiger partial charge in [-0.3, -0.25) is 4.55 Å². The molecule has 2 atom stereocenters. The number of nitrogens with one attached hydrogen (secondary N) is 1. The van der Waals surface area contributed by atoms with Gasteiger partial charge in [-0.15, -0.1) is 0 Å². The van der Waals surface area contributed by atoms with Gasteiger partial charge in [0.1, 0.15) is 0 Å². The third-order valence-corrected chi connectivity index (χ3v) is 3.05. The van der Waals surface area contributed by atoms with E-state index in [1.54, 1.807) is 24.3 Å². The van der Waals surface area contributed by atoms with E-state index in [1.165, 1.54) is 6.92 Å². The Labute approximate surface area is 98.9 Å². The molecule has 1 aromatic rings.